The third-order valence-electron chi connectivity index (χ3n) is 2.13. The Morgan fingerprint density at radius 1 is 1.60 bits per heavy atom. The first kappa shape index (κ1) is 11.6. The molecule has 0 atom stereocenters. The van der Waals surface area contributed by atoms with Gasteiger partial charge in [0.2, 0.25) is 0 Å². The van der Waals surface area contributed by atoms with Crippen LogP contribution in [0.5, 0.6) is 0 Å². The second kappa shape index (κ2) is 4.33. The highest BCUT2D eigenvalue weighted by atomic mass is 35.5. The van der Waals surface area contributed by atoms with E-state index in [1.165, 1.54) is 0 Å². The molecule has 0 saturated carbocycles. The number of nitrogen functional groups attached to an aromatic ring is 1. The van der Waals surface area contributed by atoms with Crippen LogP contribution < -0.4 is 11.3 Å². The normalized spacial score (nSPS) is 9.80. The summed E-state index contributed by atoms with van der Waals surface area (Å²) in [7, 11) is 0. The molecule has 1 aromatic rings. The summed E-state index contributed by atoms with van der Waals surface area (Å²) >= 11 is 5.78. The van der Waals surface area contributed by atoms with Crippen LogP contribution in [-0.4, -0.2) is 10.9 Å². The molecule has 0 fully saturated rings. The number of H-pyrrole nitrogens is 1. The lowest BCUT2D eigenvalue weighted by Gasteiger charge is -1.97. The van der Waals surface area contributed by atoms with E-state index in [9.17, 15) is 4.79 Å². The van der Waals surface area contributed by atoms with E-state index in [1.54, 1.807) is 13.0 Å². The number of aromatic nitrogens is 1. The number of aromatic amines is 1. The van der Waals surface area contributed by atoms with Crippen LogP contribution in [0.25, 0.3) is 11.1 Å². The second-order valence-electron chi connectivity index (χ2n) is 3.00. The topological polar surface area (TPSA) is 70.9 Å². The van der Waals surface area contributed by atoms with Gasteiger partial charge >= 0.3 is 0 Å². The Balaban J connectivity index is 3.39. The van der Waals surface area contributed by atoms with Crippen LogP contribution in [-0.2, 0) is 0 Å². The fourth-order valence-electron chi connectivity index (χ4n) is 1.38. The minimum atomic E-state index is -0.403. The molecule has 1 rings (SSSR count). The van der Waals surface area contributed by atoms with Gasteiger partial charge < -0.3 is 4.98 Å². The summed E-state index contributed by atoms with van der Waals surface area (Å²) in [5, 5.41) is 0.323. The van der Waals surface area contributed by atoms with Crippen molar-refractivity contribution in [2.24, 2.45) is 5.84 Å². The molecule has 0 unspecified atom stereocenters. The van der Waals surface area contributed by atoms with Crippen molar-refractivity contribution >= 4 is 28.6 Å². The average molecular weight is 226 g/mol. The number of rotatable bonds is 3. The van der Waals surface area contributed by atoms with E-state index in [-0.39, 0.29) is 0 Å². The summed E-state index contributed by atoms with van der Waals surface area (Å²) < 4.78 is 0. The molecule has 0 aromatic carbocycles. The number of nitrogens with one attached hydrogen (secondary N) is 2. The highest BCUT2D eigenvalue weighted by Gasteiger charge is 2.17. The summed E-state index contributed by atoms with van der Waals surface area (Å²) in [6.07, 6.45) is 1.61. The molecule has 0 aliphatic carbocycles. The van der Waals surface area contributed by atoms with Crippen molar-refractivity contribution in [3.05, 3.63) is 35.7 Å². The van der Waals surface area contributed by atoms with E-state index >= 15 is 0 Å². The molecular formula is C10H12ClN3O. The molecule has 0 radical (unpaired) electrons. The Labute approximate surface area is 92.8 Å². The van der Waals surface area contributed by atoms with Gasteiger partial charge in [-0.25, -0.2) is 5.84 Å². The first-order valence-electron chi connectivity index (χ1n) is 4.23. The van der Waals surface area contributed by atoms with Gasteiger partial charge in [-0.1, -0.05) is 30.8 Å². The van der Waals surface area contributed by atoms with Crippen LogP contribution in [0.4, 0.5) is 0 Å². The van der Waals surface area contributed by atoms with Crippen LogP contribution in [0, 0.1) is 6.92 Å². The standard InChI is InChI=1S/C10H12ClN3O/c1-4-7-5(2)8(10(15)14-12)13-9(7)6(3)11/h4,13H,1,3,12H2,2H3,(H,14,15). The molecule has 0 bridgehead atoms. The minimum absolute atomic E-state index is 0.323. The number of hydrazine groups is 1. The van der Waals surface area contributed by atoms with E-state index in [1.807, 2.05) is 5.43 Å². The van der Waals surface area contributed by atoms with Crippen LogP contribution in [0.15, 0.2) is 13.2 Å². The predicted octanol–water partition coefficient (Wildman–Crippen LogP) is 1.78. The van der Waals surface area contributed by atoms with E-state index in [2.05, 4.69) is 18.1 Å². The van der Waals surface area contributed by atoms with Gasteiger partial charge in [0.1, 0.15) is 5.69 Å². The van der Waals surface area contributed by atoms with E-state index < -0.39 is 5.91 Å². The van der Waals surface area contributed by atoms with Crippen molar-refractivity contribution in [2.45, 2.75) is 6.92 Å². The molecule has 4 N–H and O–H groups in total. The molecule has 1 heterocycles. The van der Waals surface area contributed by atoms with Crippen molar-refractivity contribution in [1.29, 1.82) is 0 Å². The minimum Gasteiger partial charge on any atom is -0.349 e. The van der Waals surface area contributed by atoms with Gasteiger partial charge in [0, 0.05) is 5.56 Å². The number of hydrogen-bond donors (Lipinski definition) is 3. The summed E-state index contributed by atoms with van der Waals surface area (Å²) in [5.74, 6) is 4.65. The lowest BCUT2D eigenvalue weighted by atomic mass is 10.1. The molecule has 4 nitrogen and oxygen atoms in total. The van der Waals surface area contributed by atoms with Crippen molar-refractivity contribution in [3.63, 3.8) is 0 Å². The molecule has 0 aliphatic heterocycles. The third-order valence-corrected chi connectivity index (χ3v) is 2.32. The number of carbonyl (C=O) groups excluding carboxylic acids is 1. The SMILES string of the molecule is C=Cc1c(C(=C)Cl)[nH]c(C(=O)NN)c1C. The first-order chi connectivity index (χ1) is 7.02. The largest absolute Gasteiger partial charge is 0.349 e. The van der Waals surface area contributed by atoms with E-state index in [4.69, 9.17) is 17.4 Å². The maximum atomic E-state index is 11.4. The second-order valence-corrected chi connectivity index (χ2v) is 3.45. The summed E-state index contributed by atoms with van der Waals surface area (Å²) in [6.45, 7) is 9.03. The number of halogens is 1. The maximum absolute atomic E-state index is 11.4. The van der Waals surface area contributed by atoms with Crippen molar-refractivity contribution in [2.75, 3.05) is 0 Å². The van der Waals surface area contributed by atoms with E-state index in [0.29, 0.717) is 16.4 Å². The van der Waals surface area contributed by atoms with Crippen LogP contribution in [0.2, 0.25) is 0 Å². The van der Waals surface area contributed by atoms with Gasteiger partial charge in [-0.15, -0.1) is 0 Å². The number of nitrogens with two attached hydrogens (primary N) is 1. The highest BCUT2D eigenvalue weighted by molar-refractivity contribution is 6.48. The molecule has 0 saturated heterocycles. The molecule has 1 aromatic heterocycles. The smallest absolute Gasteiger partial charge is 0.281 e. The summed E-state index contributed by atoms with van der Waals surface area (Å²) in [5.41, 5.74) is 4.50. The Kier molecular flexibility index (Phi) is 3.34. The lowest BCUT2D eigenvalue weighted by Crippen LogP contribution is -2.30. The number of carbonyl (C=O) groups is 1. The highest BCUT2D eigenvalue weighted by Crippen LogP contribution is 2.26. The van der Waals surface area contributed by atoms with E-state index in [0.717, 1.165) is 11.1 Å². The third kappa shape index (κ3) is 1.95. The fourth-order valence-corrected chi connectivity index (χ4v) is 1.53. The zero-order valence-electron chi connectivity index (χ0n) is 8.36. The van der Waals surface area contributed by atoms with Gasteiger partial charge in [-0.3, -0.25) is 10.2 Å². The summed E-state index contributed by atoms with van der Waals surface area (Å²) in [6, 6.07) is 0. The predicted molar refractivity (Wildman–Crippen MR) is 62.2 cm³/mol. The zero-order chi connectivity index (χ0) is 11.6. The Morgan fingerprint density at radius 2 is 2.20 bits per heavy atom. The van der Waals surface area contributed by atoms with Crippen LogP contribution in [0.1, 0.15) is 27.3 Å². The molecular weight excluding hydrogens is 214 g/mol. The monoisotopic (exact) mass is 225 g/mol. The number of amides is 1. The lowest BCUT2D eigenvalue weighted by molar-refractivity contribution is 0.0948. The van der Waals surface area contributed by atoms with Gasteiger partial charge in [-0.2, -0.15) is 0 Å². The zero-order valence-corrected chi connectivity index (χ0v) is 9.11. The van der Waals surface area contributed by atoms with Gasteiger partial charge in [0.25, 0.3) is 5.91 Å². The first-order valence-corrected chi connectivity index (χ1v) is 4.61. The van der Waals surface area contributed by atoms with Crippen LogP contribution in [0.3, 0.4) is 0 Å². The van der Waals surface area contributed by atoms with Crippen molar-refractivity contribution in [1.82, 2.24) is 10.4 Å². The molecule has 1 amide bonds. The summed E-state index contributed by atoms with van der Waals surface area (Å²) in [4.78, 5) is 14.2. The van der Waals surface area contributed by atoms with Gasteiger partial charge in [0.05, 0.1) is 10.7 Å². The average Bonchev–Trinajstić information content (AvgIpc) is 2.54. The maximum Gasteiger partial charge on any atom is 0.281 e. The quantitative estimate of drug-likeness (QED) is 0.417. The molecule has 5 heteroatoms. The molecule has 0 spiro atoms. The van der Waals surface area contributed by atoms with Crippen molar-refractivity contribution < 1.29 is 4.79 Å². The Morgan fingerprint density at radius 3 is 2.53 bits per heavy atom. The van der Waals surface area contributed by atoms with Gasteiger partial charge in [0.15, 0.2) is 0 Å². The molecule has 15 heavy (non-hydrogen) atoms. The van der Waals surface area contributed by atoms with Crippen LogP contribution >= 0.6 is 11.6 Å². The fraction of sp³-hybridized carbons (Fsp3) is 0.100. The molecule has 0 aliphatic rings. The Bertz CT molecular complexity index is 434. The van der Waals surface area contributed by atoms with Gasteiger partial charge in [-0.05, 0) is 12.5 Å². The Hall–Kier alpha value is -1.52. The molecule has 80 valence electrons. The van der Waals surface area contributed by atoms with Crippen molar-refractivity contribution in [3.8, 4) is 0 Å². The number of hydrogen-bond acceptors (Lipinski definition) is 2.